The van der Waals surface area contributed by atoms with E-state index >= 15 is 0 Å². The summed E-state index contributed by atoms with van der Waals surface area (Å²) in [4.78, 5) is 27.3. The van der Waals surface area contributed by atoms with E-state index in [0.29, 0.717) is 23.7 Å². The molecular formula is C25H35N3O6S. The Hall–Kier alpha value is -3.27. The Morgan fingerprint density at radius 2 is 1.69 bits per heavy atom. The number of sulfonamides is 1. The number of hydrogen-bond acceptors (Lipinski definition) is 6. The summed E-state index contributed by atoms with van der Waals surface area (Å²) in [5.41, 5.74) is 1.31. The predicted octanol–water partition coefficient (Wildman–Crippen LogP) is 2.80. The van der Waals surface area contributed by atoms with Crippen molar-refractivity contribution in [3.05, 3.63) is 54.1 Å². The fraction of sp³-hybridized carbons (Fsp3) is 0.440. The number of hydrogen-bond donors (Lipinski definition) is 1. The summed E-state index contributed by atoms with van der Waals surface area (Å²) in [5.74, 6) is 0.781. The van der Waals surface area contributed by atoms with Crippen molar-refractivity contribution in [2.45, 2.75) is 39.3 Å². The van der Waals surface area contributed by atoms with Gasteiger partial charge in [-0.15, -0.1) is 0 Å². The first-order valence-electron chi connectivity index (χ1n) is 11.4. The Morgan fingerprint density at radius 1 is 1.03 bits per heavy atom. The summed E-state index contributed by atoms with van der Waals surface area (Å²) in [6.07, 6.45) is 1.50. The van der Waals surface area contributed by atoms with Crippen LogP contribution in [0.3, 0.4) is 0 Å². The molecule has 0 spiro atoms. The molecule has 2 aromatic rings. The smallest absolute Gasteiger partial charge is 0.242 e. The second kappa shape index (κ2) is 13.0. The lowest BCUT2D eigenvalue weighted by Crippen LogP contribution is -2.47. The summed E-state index contributed by atoms with van der Waals surface area (Å²) in [5, 5.41) is 2.76. The molecule has 0 heterocycles. The van der Waals surface area contributed by atoms with Gasteiger partial charge in [0.25, 0.3) is 0 Å². The monoisotopic (exact) mass is 505 g/mol. The van der Waals surface area contributed by atoms with Gasteiger partial charge in [-0.05, 0) is 62.2 Å². The van der Waals surface area contributed by atoms with Crippen LogP contribution >= 0.6 is 0 Å². The highest BCUT2D eigenvalue weighted by Crippen LogP contribution is 2.22. The first-order valence-corrected chi connectivity index (χ1v) is 13.3. The number of methoxy groups -OCH3 is 2. The van der Waals surface area contributed by atoms with Crippen LogP contribution < -0.4 is 19.1 Å². The highest BCUT2D eigenvalue weighted by Gasteiger charge is 2.26. The van der Waals surface area contributed by atoms with E-state index in [-0.39, 0.29) is 37.7 Å². The Kier molecular flexibility index (Phi) is 10.4. The summed E-state index contributed by atoms with van der Waals surface area (Å²) >= 11 is 0. The fourth-order valence-corrected chi connectivity index (χ4v) is 4.59. The molecule has 10 heteroatoms. The molecule has 0 aromatic heterocycles. The zero-order valence-electron chi connectivity index (χ0n) is 21.0. The third-order valence-corrected chi connectivity index (χ3v) is 6.71. The van der Waals surface area contributed by atoms with Crippen molar-refractivity contribution >= 4 is 27.5 Å². The van der Waals surface area contributed by atoms with Gasteiger partial charge in [0.1, 0.15) is 17.5 Å². The van der Waals surface area contributed by atoms with Crippen molar-refractivity contribution in [2.24, 2.45) is 0 Å². The predicted molar refractivity (Wildman–Crippen MR) is 136 cm³/mol. The number of ether oxygens (including phenoxy) is 2. The van der Waals surface area contributed by atoms with Gasteiger partial charge in [0.15, 0.2) is 0 Å². The summed E-state index contributed by atoms with van der Waals surface area (Å²) < 4.78 is 36.5. The zero-order chi connectivity index (χ0) is 26.0. The van der Waals surface area contributed by atoms with Crippen LogP contribution in [0, 0.1) is 0 Å². The van der Waals surface area contributed by atoms with Gasteiger partial charge >= 0.3 is 0 Å². The minimum atomic E-state index is -3.56. The highest BCUT2D eigenvalue weighted by atomic mass is 32.2. The maximum absolute atomic E-state index is 13.2. The van der Waals surface area contributed by atoms with Crippen molar-refractivity contribution in [1.29, 1.82) is 0 Å². The number of carbonyl (C=O) groups excluding carboxylic acids is 2. The summed E-state index contributed by atoms with van der Waals surface area (Å²) in [6.45, 7) is 4.30. The lowest BCUT2D eigenvalue weighted by Gasteiger charge is -2.29. The van der Waals surface area contributed by atoms with Gasteiger partial charge < -0.3 is 19.7 Å². The standard InChI is InChI=1S/C25H35N3O6S/c1-6-26-25(30)19(2)27(18-20-9-7-10-23(17-20)34-4)24(29)11-8-16-28(35(5,31)32)21-12-14-22(33-3)15-13-21/h7,9-10,12-15,17,19H,6,8,11,16,18H2,1-5H3,(H,26,30). The van der Waals surface area contributed by atoms with Gasteiger partial charge in [0.2, 0.25) is 21.8 Å². The van der Waals surface area contributed by atoms with Gasteiger partial charge in [-0.1, -0.05) is 12.1 Å². The lowest BCUT2D eigenvalue weighted by atomic mass is 10.1. The molecule has 2 rings (SSSR count). The minimum absolute atomic E-state index is 0.0793. The maximum Gasteiger partial charge on any atom is 0.242 e. The van der Waals surface area contributed by atoms with Crippen LogP contribution in [0.2, 0.25) is 0 Å². The number of likely N-dealkylation sites (N-methyl/N-ethyl adjacent to an activating group) is 1. The van der Waals surface area contributed by atoms with E-state index in [9.17, 15) is 18.0 Å². The Bertz CT molecular complexity index is 1090. The molecule has 9 nitrogen and oxygen atoms in total. The average Bonchev–Trinajstić information content (AvgIpc) is 2.84. The molecule has 0 saturated carbocycles. The molecule has 0 aliphatic heterocycles. The number of rotatable bonds is 13. The van der Waals surface area contributed by atoms with E-state index in [1.165, 1.54) is 16.3 Å². The first kappa shape index (κ1) is 28.0. The number of nitrogens with zero attached hydrogens (tertiary/aromatic N) is 2. The molecule has 1 N–H and O–H groups in total. The topological polar surface area (TPSA) is 105 Å². The van der Waals surface area contributed by atoms with E-state index in [1.54, 1.807) is 38.3 Å². The SMILES string of the molecule is CCNC(=O)C(C)N(Cc1cccc(OC)c1)C(=O)CCCN(c1ccc(OC)cc1)S(C)(=O)=O. The van der Waals surface area contributed by atoms with Gasteiger partial charge in [-0.2, -0.15) is 0 Å². The second-order valence-corrected chi connectivity index (χ2v) is 9.99. The van der Waals surface area contributed by atoms with Crippen LogP contribution in [-0.4, -0.2) is 64.7 Å². The second-order valence-electron chi connectivity index (χ2n) is 8.08. The number of anilines is 1. The lowest BCUT2D eigenvalue weighted by molar-refractivity contribution is -0.140. The number of benzene rings is 2. The van der Waals surface area contributed by atoms with Crippen molar-refractivity contribution in [3.8, 4) is 11.5 Å². The van der Waals surface area contributed by atoms with Gasteiger partial charge in [-0.25, -0.2) is 8.42 Å². The van der Waals surface area contributed by atoms with Crippen LogP contribution in [0.4, 0.5) is 5.69 Å². The molecule has 1 unspecified atom stereocenters. The molecule has 0 aliphatic rings. The van der Waals surface area contributed by atoms with E-state index in [1.807, 2.05) is 31.2 Å². The molecule has 192 valence electrons. The number of carbonyl (C=O) groups is 2. The van der Waals surface area contributed by atoms with E-state index in [2.05, 4.69) is 5.32 Å². The fourth-order valence-electron chi connectivity index (χ4n) is 3.62. The van der Waals surface area contributed by atoms with Crippen LogP contribution in [0.15, 0.2) is 48.5 Å². The molecule has 1 atom stereocenters. The van der Waals surface area contributed by atoms with E-state index < -0.39 is 16.1 Å². The summed E-state index contributed by atoms with van der Waals surface area (Å²) in [7, 11) is -0.459. The number of amides is 2. The van der Waals surface area contributed by atoms with Crippen LogP contribution in [-0.2, 0) is 26.2 Å². The van der Waals surface area contributed by atoms with Gasteiger partial charge in [-0.3, -0.25) is 13.9 Å². The van der Waals surface area contributed by atoms with Gasteiger partial charge in [0.05, 0.1) is 26.2 Å². The third kappa shape index (κ3) is 8.17. The molecule has 0 saturated heterocycles. The highest BCUT2D eigenvalue weighted by molar-refractivity contribution is 7.92. The Morgan fingerprint density at radius 3 is 2.26 bits per heavy atom. The molecular weight excluding hydrogens is 470 g/mol. The van der Waals surface area contributed by atoms with Crippen LogP contribution in [0.25, 0.3) is 0 Å². The molecule has 0 bridgehead atoms. The van der Waals surface area contributed by atoms with Crippen molar-refractivity contribution < 1.29 is 27.5 Å². The van der Waals surface area contributed by atoms with Crippen molar-refractivity contribution in [2.75, 3.05) is 37.9 Å². The Labute approximate surface area is 208 Å². The molecule has 2 aromatic carbocycles. The maximum atomic E-state index is 13.2. The van der Waals surface area contributed by atoms with E-state index in [0.717, 1.165) is 11.8 Å². The zero-order valence-corrected chi connectivity index (χ0v) is 21.8. The van der Waals surface area contributed by atoms with Crippen LogP contribution in [0.1, 0.15) is 32.3 Å². The third-order valence-electron chi connectivity index (χ3n) is 5.52. The van der Waals surface area contributed by atoms with E-state index in [4.69, 9.17) is 9.47 Å². The van der Waals surface area contributed by atoms with Crippen LogP contribution in [0.5, 0.6) is 11.5 Å². The molecule has 0 radical (unpaired) electrons. The summed E-state index contributed by atoms with van der Waals surface area (Å²) in [6, 6.07) is 13.3. The largest absolute Gasteiger partial charge is 0.497 e. The number of nitrogens with one attached hydrogen (secondary N) is 1. The molecule has 35 heavy (non-hydrogen) atoms. The van der Waals surface area contributed by atoms with Gasteiger partial charge in [0, 0.05) is 26.1 Å². The molecule has 2 amide bonds. The average molecular weight is 506 g/mol. The molecule has 0 fully saturated rings. The first-order chi connectivity index (χ1) is 16.6. The minimum Gasteiger partial charge on any atom is -0.497 e. The Balaban J connectivity index is 2.16. The normalized spacial score (nSPS) is 11.9. The van der Waals surface area contributed by atoms with Crippen molar-refractivity contribution in [3.63, 3.8) is 0 Å². The quantitative estimate of drug-likeness (QED) is 0.449. The molecule has 0 aliphatic carbocycles. The van der Waals surface area contributed by atoms with Crippen molar-refractivity contribution in [1.82, 2.24) is 10.2 Å².